The second-order valence-corrected chi connectivity index (χ2v) is 5.78. The number of rotatable bonds is 3. The van der Waals surface area contributed by atoms with E-state index in [2.05, 4.69) is 0 Å². The second kappa shape index (κ2) is 6.72. The van der Waals surface area contributed by atoms with E-state index in [1.165, 1.54) is 0 Å². The first kappa shape index (κ1) is 16.0. The largest absolute Gasteiger partial charge is 0.348 e. The monoisotopic (exact) mass is 322 g/mol. The summed E-state index contributed by atoms with van der Waals surface area (Å²) >= 11 is 0. The highest BCUT2D eigenvalue weighted by molar-refractivity contribution is 5.64. The summed E-state index contributed by atoms with van der Waals surface area (Å²) in [6.45, 7) is 2.15. The van der Waals surface area contributed by atoms with Crippen LogP contribution in [0.4, 0.5) is 13.2 Å². The topological polar surface area (TPSA) is 18.5 Å². The Bertz CT molecular complexity index is 654. The Morgan fingerprint density at radius 3 is 2.04 bits per heavy atom. The molecule has 1 heterocycles. The average Bonchev–Trinajstić information content (AvgIpc) is 2.55. The molecule has 0 aromatic heterocycles. The highest BCUT2D eigenvalue weighted by atomic mass is 19.1. The van der Waals surface area contributed by atoms with Crippen LogP contribution in [0.3, 0.4) is 0 Å². The smallest absolute Gasteiger partial charge is 0.183 e. The van der Waals surface area contributed by atoms with E-state index in [1.807, 2.05) is 6.92 Å². The number of hydrogen-bond acceptors (Lipinski definition) is 2. The Morgan fingerprint density at radius 1 is 0.957 bits per heavy atom. The van der Waals surface area contributed by atoms with Crippen molar-refractivity contribution >= 4 is 0 Å². The van der Waals surface area contributed by atoms with Crippen molar-refractivity contribution in [1.82, 2.24) is 0 Å². The van der Waals surface area contributed by atoms with Gasteiger partial charge in [-0.2, -0.15) is 0 Å². The van der Waals surface area contributed by atoms with Gasteiger partial charge in [-0.15, -0.1) is 0 Å². The van der Waals surface area contributed by atoms with Crippen molar-refractivity contribution in [2.24, 2.45) is 5.92 Å². The summed E-state index contributed by atoms with van der Waals surface area (Å²) in [5, 5.41) is 0. The lowest BCUT2D eigenvalue weighted by atomic mass is 10.0. The first-order chi connectivity index (χ1) is 11.1. The van der Waals surface area contributed by atoms with Crippen molar-refractivity contribution in [2.75, 3.05) is 13.2 Å². The van der Waals surface area contributed by atoms with Crippen molar-refractivity contribution in [3.63, 3.8) is 0 Å². The Kier molecular flexibility index (Phi) is 4.68. The fraction of sp³-hybridized carbons (Fsp3) is 0.333. The standard InChI is InChI=1S/C18H17F3O2/c1-11-9-22-18(23-10-11)13-4-2-12(3-5-13)14-6-16(20)15(8-19)17(21)7-14/h2-7,11,18H,8-10H2,1H3. The lowest BCUT2D eigenvalue weighted by molar-refractivity contribution is -0.202. The molecule has 0 N–H and O–H groups in total. The molecule has 0 unspecified atom stereocenters. The van der Waals surface area contributed by atoms with Crippen molar-refractivity contribution in [2.45, 2.75) is 19.9 Å². The normalized spacial score (nSPS) is 21.4. The number of hydrogen-bond donors (Lipinski definition) is 0. The molecule has 0 aliphatic carbocycles. The zero-order valence-corrected chi connectivity index (χ0v) is 12.7. The molecule has 1 fully saturated rings. The zero-order chi connectivity index (χ0) is 16.4. The van der Waals surface area contributed by atoms with Gasteiger partial charge < -0.3 is 9.47 Å². The molecule has 2 aromatic rings. The maximum Gasteiger partial charge on any atom is 0.183 e. The third-order valence-electron chi connectivity index (χ3n) is 3.86. The van der Waals surface area contributed by atoms with Crippen molar-refractivity contribution < 1.29 is 22.6 Å². The lowest BCUT2D eigenvalue weighted by Crippen LogP contribution is -2.24. The molecule has 0 amide bonds. The summed E-state index contributed by atoms with van der Waals surface area (Å²) in [5.41, 5.74) is 1.31. The van der Waals surface area contributed by atoms with Gasteiger partial charge in [0, 0.05) is 11.5 Å². The van der Waals surface area contributed by atoms with Gasteiger partial charge in [0.2, 0.25) is 0 Å². The summed E-state index contributed by atoms with van der Waals surface area (Å²) in [7, 11) is 0. The van der Waals surface area contributed by atoms with Gasteiger partial charge in [0.25, 0.3) is 0 Å². The molecular formula is C18H17F3O2. The molecule has 0 bridgehead atoms. The number of halogens is 3. The van der Waals surface area contributed by atoms with Gasteiger partial charge in [-0.25, -0.2) is 13.2 Å². The molecule has 0 atom stereocenters. The minimum atomic E-state index is -1.16. The predicted molar refractivity (Wildman–Crippen MR) is 80.4 cm³/mol. The predicted octanol–water partition coefficient (Wildman–Crippen LogP) is 4.78. The van der Waals surface area contributed by atoms with Gasteiger partial charge >= 0.3 is 0 Å². The van der Waals surface area contributed by atoms with E-state index in [-0.39, 0.29) is 0 Å². The van der Waals surface area contributed by atoms with Crippen LogP contribution in [-0.2, 0) is 16.1 Å². The third kappa shape index (κ3) is 3.41. The van der Waals surface area contributed by atoms with Crippen LogP contribution in [0.1, 0.15) is 24.3 Å². The van der Waals surface area contributed by atoms with Crippen LogP contribution in [0.5, 0.6) is 0 Å². The van der Waals surface area contributed by atoms with E-state index in [4.69, 9.17) is 9.47 Å². The lowest BCUT2D eigenvalue weighted by Gasteiger charge is -2.27. The molecule has 0 radical (unpaired) electrons. The molecular weight excluding hydrogens is 305 g/mol. The Hall–Kier alpha value is -1.85. The van der Waals surface area contributed by atoms with Gasteiger partial charge in [-0.3, -0.25) is 0 Å². The SMILES string of the molecule is CC1COC(c2ccc(-c3cc(F)c(CF)c(F)c3)cc2)OC1. The van der Waals surface area contributed by atoms with E-state index in [0.717, 1.165) is 17.7 Å². The number of ether oxygens (including phenoxy) is 2. The molecule has 1 aliphatic heterocycles. The van der Waals surface area contributed by atoms with Gasteiger partial charge in [0.05, 0.1) is 18.8 Å². The number of alkyl halides is 1. The maximum atomic E-state index is 13.7. The van der Waals surface area contributed by atoms with Crippen LogP contribution in [-0.4, -0.2) is 13.2 Å². The molecule has 0 spiro atoms. The van der Waals surface area contributed by atoms with Gasteiger partial charge in [-0.05, 0) is 23.3 Å². The highest BCUT2D eigenvalue weighted by Gasteiger charge is 2.20. The van der Waals surface area contributed by atoms with Crippen LogP contribution >= 0.6 is 0 Å². The van der Waals surface area contributed by atoms with Gasteiger partial charge in [0.1, 0.15) is 18.3 Å². The summed E-state index contributed by atoms with van der Waals surface area (Å²) in [6, 6.07) is 9.36. The molecule has 0 saturated carbocycles. The summed E-state index contributed by atoms with van der Waals surface area (Å²) < 4.78 is 51.1. The van der Waals surface area contributed by atoms with E-state index >= 15 is 0 Å². The van der Waals surface area contributed by atoms with Gasteiger partial charge in [0.15, 0.2) is 6.29 Å². The van der Waals surface area contributed by atoms with E-state index < -0.39 is 30.2 Å². The Labute approximate surface area is 132 Å². The van der Waals surface area contributed by atoms with Crippen molar-refractivity contribution in [3.8, 4) is 11.1 Å². The summed E-state index contributed by atoms with van der Waals surface area (Å²) in [5.74, 6) is -1.38. The summed E-state index contributed by atoms with van der Waals surface area (Å²) in [6.07, 6.45) is -0.414. The molecule has 1 saturated heterocycles. The highest BCUT2D eigenvalue weighted by Crippen LogP contribution is 2.29. The fourth-order valence-electron chi connectivity index (χ4n) is 2.52. The maximum absolute atomic E-state index is 13.7. The van der Waals surface area contributed by atoms with Crippen LogP contribution in [0.2, 0.25) is 0 Å². The van der Waals surface area contributed by atoms with E-state index in [1.54, 1.807) is 24.3 Å². The zero-order valence-electron chi connectivity index (χ0n) is 12.7. The Balaban J connectivity index is 1.82. The molecule has 122 valence electrons. The van der Waals surface area contributed by atoms with Crippen LogP contribution < -0.4 is 0 Å². The molecule has 2 aromatic carbocycles. The average molecular weight is 322 g/mol. The van der Waals surface area contributed by atoms with Crippen LogP contribution in [0.25, 0.3) is 11.1 Å². The molecule has 5 heteroatoms. The van der Waals surface area contributed by atoms with Crippen molar-refractivity contribution in [3.05, 3.63) is 59.2 Å². The minimum absolute atomic E-state index is 0.364. The quantitative estimate of drug-likeness (QED) is 0.809. The summed E-state index contributed by atoms with van der Waals surface area (Å²) in [4.78, 5) is 0. The Morgan fingerprint density at radius 2 is 1.52 bits per heavy atom. The van der Waals surface area contributed by atoms with Gasteiger partial charge in [-0.1, -0.05) is 31.2 Å². The molecule has 1 aliphatic rings. The number of benzene rings is 2. The fourth-order valence-corrected chi connectivity index (χ4v) is 2.52. The first-order valence-electron chi connectivity index (χ1n) is 7.46. The molecule has 2 nitrogen and oxygen atoms in total. The van der Waals surface area contributed by atoms with E-state index in [9.17, 15) is 13.2 Å². The second-order valence-electron chi connectivity index (χ2n) is 5.78. The minimum Gasteiger partial charge on any atom is -0.348 e. The van der Waals surface area contributed by atoms with Crippen molar-refractivity contribution in [1.29, 1.82) is 0 Å². The van der Waals surface area contributed by atoms with Crippen LogP contribution in [0, 0.1) is 17.6 Å². The van der Waals surface area contributed by atoms with Crippen LogP contribution in [0.15, 0.2) is 36.4 Å². The molecule has 3 rings (SSSR count). The first-order valence-corrected chi connectivity index (χ1v) is 7.46. The van der Waals surface area contributed by atoms with E-state index in [0.29, 0.717) is 30.3 Å². The molecule has 23 heavy (non-hydrogen) atoms. The third-order valence-corrected chi connectivity index (χ3v) is 3.86.